The number of H-pyrrole nitrogens is 1. The molecule has 2 aromatic heterocycles. The van der Waals surface area contributed by atoms with E-state index in [0.29, 0.717) is 0 Å². The fourth-order valence-corrected chi connectivity index (χ4v) is 1.70. The predicted molar refractivity (Wildman–Crippen MR) is 58.6 cm³/mol. The van der Waals surface area contributed by atoms with Crippen LogP contribution in [0, 0.1) is 0 Å². The number of fused-ring (bicyclic) bond motifs is 3. The van der Waals surface area contributed by atoms with Crippen molar-refractivity contribution in [2.24, 2.45) is 0 Å². The first kappa shape index (κ1) is 8.72. The van der Waals surface area contributed by atoms with E-state index in [1.807, 2.05) is 24.5 Å². The number of pyridine rings is 1. The summed E-state index contributed by atoms with van der Waals surface area (Å²) in [5.41, 5.74) is 2.27. The highest BCUT2D eigenvalue weighted by atomic mass is 14.7. The predicted octanol–water partition coefficient (Wildman–Crippen LogP) is 2.88. The highest BCUT2D eigenvalue weighted by Gasteiger charge is 2.00. The van der Waals surface area contributed by atoms with Crippen molar-refractivity contribution < 1.29 is 0 Å². The number of hydrogen-bond donors (Lipinski definition) is 2. The van der Waals surface area contributed by atoms with Crippen LogP contribution < -0.4 is 6.15 Å². The van der Waals surface area contributed by atoms with E-state index in [4.69, 9.17) is 0 Å². The van der Waals surface area contributed by atoms with E-state index in [9.17, 15) is 0 Å². The maximum Gasteiger partial charge on any atom is 0.0651 e. The topological polar surface area (TPSA) is 63.7 Å². The summed E-state index contributed by atoms with van der Waals surface area (Å²) in [5.74, 6) is 0. The lowest BCUT2D eigenvalue weighted by atomic mass is 10.2. The van der Waals surface area contributed by atoms with Crippen LogP contribution in [0.5, 0.6) is 0 Å². The van der Waals surface area contributed by atoms with Gasteiger partial charge in [-0.25, -0.2) is 0 Å². The van der Waals surface area contributed by atoms with Crippen molar-refractivity contribution in [1.82, 2.24) is 16.1 Å². The summed E-state index contributed by atoms with van der Waals surface area (Å²) in [4.78, 5) is 7.39. The van der Waals surface area contributed by atoms with Gasteiger partial charge in [0.25, 0.3) is 0 Å². The molecule has 2 heterocycles. The molecule has 0 aliphatic heterocycles. The van der Waals surface area contributed by atoms with Crippen LogP contribution in [-0.2, 0) is 0 Å². The van der Waals surface area contributed by atoms with Crippen LogP contribution in [0.2, 0.25) is 0 Å². The minimum atomic E-state index is 0. The van der Waals surface area contributed by atoms with E-state index in [-0.39, 0.29) is 6.15 Å². The summed E-state index contributed by atoms with van der Waals surface area (Å²) in [6.07, 6.45) is 3.68. The zero-order valence-corrected chi connectivity index (χ0v) is 7.70. The molecule has 3 nitrogen and oxygen atoms in total. The molecule has 0 saturated heterocycles. The number of benzene rings is 1. The molecule has 0 fully saturated rings. The largest absolute Gasteiger partial charge is 0.353 e. The Bertz CT molecular complexity index is 518. The van der Waals surface area contributed by atoms with E-state index >= 15 is 0 Å². The van der Waals surface area contributed by atoms with E-state index < -0.39 is 0 Å². The van der Waals surface area contributed by atoms with Crippen LogP contribution in [0.3, 0.4) is 0 Å². The van der Waals surface area contributed by atoms with Crippen LogP contribution >= 0.6 is 0 Å². The number of hydrogen-bond acceptors (Lipinski definition) is 2. The van der Waals surface area contributed by atoms with Crippen LogP contribution in [0.25, 0.3) is 21.8 Å². The third kappa shape index (κ3) is 1.07. The summed E-state index contributed by atoms with van der Waals surface area (Å²) in [6, 6.07) is 10.3. The van der Waals surface area contributed by atoms with E-state index in [1.54, 1.807) is 0 Å². The zero-order chi connectivity index (χ0) is 8.67. The molecule has 0 unspecified atom stereocenters. The summed E-state index contributed by atoms with van der Waals surface area (Å²) in [6.45, 7) is 0. The third-order valence-corrected chi connectivity index (χ3v) is 2.31. The molecule has 0 bridgehead atoms. The van der Waals surface area contributed by atoms with Crippen molar-refractivity contribution in [2.75, 3.05) is 0 Å². The second-order valence-corrected chi connectivity index (χ2v) is 3.09. The third-order valence-electron chi connectivity index (χ3n) is 2.31. The first-order chi connectivity index (χ1) is 6.45. The quantitative estimate of drug-likeness (QED) is 0.565. The average Bonchev–Trinajstić information content (AvgIpc) is 2.56. The van der Waals surface area contributed by atoms with Gasteiger partial charge in [-0.2, -0.15) is 0 Å². The van der Waals surface area contributed by atoms with Gasteiger partial charge >= 0.3 is 0 Å². The standard InChI is InChI=1S/C11H8N2.H3N/c1-2-4-10-8(3-1)9-5-6-12-7-11(9)13-10;/h1-7,13H;1H3. The lowest BCUT2D eigenvalue weighted by molar-refractivity contribution is 1.35. The van der Waals surface area contributed by atoms with Crippen LogP contribution in [0.15, 0.2) is 42.7 Å². The van der Waals surface area contributed by atoms with Gasteiger partial charge in [0, 0.05) is 22.5 Å². The molecule has 0 aliphatic rings. The van der Waals surface area contributed by atoms with Gasteiger partial charge in [-0.1, -0.05) is 18.2 Å². The zero-order valence-electron chi connectivity index (χ0n) is 7.70. The number of para-hydroxylation sites is 1. The van der Waals surface area contributed by atoms with Crippen LogP contribution in [-0.4, -0.2) is 9.97 Å². The first-order valence-electron chi connectivity index (χ1n) is 4.25. The molecule has 0 spiro atoms. The minimum absolute atomic E-state index is 0. The smallest absolute Gasteiger partial charge is 0.0651 e. The molecule has 4 N–H and O–H groups in total. The Morgan fingerprint density at radius 2 is 1.71 bits per heavy atom. The average molecular weight is 185 g/mol. The Morgan fingerprint density at radius 1 is 0.929 bits per heavy atom. The van der Waals surface area contributed by atoms with Gasteiger partial charge in [0.15, 0.2) is 0 Å². The fourth-order valence-electron chi connectivity index (χ4n) is 1.70. The van der Waals surface area contributed by atoms with Crippen molar-refractivity contribution in [3.63, 3.8) is 0 Å². The first-order valence-corrected chi connectivity index (χ1v) is 4.25. The summed E-state index contributed by atoms with van der Waals surface area (Å²) in [5, 5.41) is 2.51. The lowest BCUT2D eigenvalue weighted by Crippen LogP contribution is -1.68. The number of nitrogens with zero attached hydrogens (tertiary/aromatic N) is 1. The van der Waals surface area contributed by atoms with E-state index in [0.717, 1.165) is 5.52 Å². The van der Waals surface area contributed by atoms with Gasteiger partial charge in [-0.3, -0.25) is 4.98 Å². The molecule has 3 heteroatoms. The van der Waals surface area contributed by atoms with Crippen LogP contribution in [0.4, 0.5) is 0 Å². The second-order valence-electron chi connectivity index (χ2n) is 3.09. The second kappa shape index (κ2) is 3.12. The van der Waals surface area contributed by atoms with E-state index in [1.165, 1.54) is 16.3 Å². The van der Waals surface area contributed by atoms with Gasteiger partial charge in [0.2, 0.25) is 0 Å². The number of aromatic amines is 1. The highest BCUT2D eigenvalue weighted by Crippen LogP contribution is 2.23. The van der Waals surface area contributed by atoms with E-state index in [2.05, 4.69) is 28.2 Å². The highest BCUT2D eigenvalue weighted by molar-refractivity contribution is 6.06. The van der Waals surface area contributed by atoms with Gasteiger partial charge in [0.05, 0.1) is 11.7 Å². The molecule has 0 aliphatic carbocycles. The van der Waals surface area contributed by atoms with Crippen LogP contribution in [0.1, 0.15) is 0 Å². The van der Waals surface area contributed by atoms with Gasteiger partial charge in [-0.15, -0.1) is 0 Å². The molecule has 3 rings (SSSR count). The van der Waals surface area contributed by atoms with Gasteiger partial charge < -0.3 is 11.1 Å². The maximum absolute atomic E-state index is 4.08. The molecule has 3 aromatic rings. The van der Waals surface area contributed by atoms with Gasteiger partial charge in [0.1, 0.15) is 0 Å². The minimum Gasteiger partial charge on any atom is -0.353 e. The summed E-state index contributed by atoms with van der Waals surface area (Å²) >= 11 is 0. The van der Waals surface area contributed by atoms with Crippen molar-refractivity contribution in [1.29, 1.82) is 0 Å². The molecular weight excluding hydrogens is 174 g/mol. The molecule has 0 radical (unpaired) electrons. The van der Waals surface area contributed by atoms with Crippen molar-refractivity contribution in [2.45, 2.75) is 0 Å². The summed E-state index contributed by atoms with van der Waals surface area (Å²) in [7, 11) is 0. The Labute approximate surface area is 81.4 Å². The Balaban J connectivity index is 0.000000750. The molecule has 70 valence electrons. The lowest BCUT2D eigenvalue weighted by Gasteiger charge is -1.87. The molecule has 0 atom stereocenters. The monoisotopic (exact) mass is 185 g/mol. The maximum atomic E-state index is 4.08. The molecular formula is C11H11N3. The van der Waals surface area contributed by atoms with Gasteiger partial charge in [-0.05, 0) is 12.1 Å². The number of rotatable bonds is 0. The molecule has 14 heavy (non-hydrogen) atoms. The number of nitrogens with one attached hydrogen (secondary N) is 1. The number of aromatic nitrogens is 2. The summed E-state index contributed by atoms with van der Waals surface area (Å²) < 4.78 is 0. The Morgan fingerprint density at radius 3 is 2.64 bits per heavy atom. The molecule has 0 amide bonds. The normalized spacial score (nSPS) is 10.3. The molecule has 1 aromatic carbocycles. The SMILES string of the molecule is N.c1ccc2c(c1)[nH]c1cnccc12. The van der Waals surface area contributed by atoms with Crippen molar-refractivity contribution in [3.05, 3.63) is 42.7 Å². The molecule has 0 saturated carbocycles. The van der Waals surface area contributed by atoms with Crippen molar-refractivity contribution in [3.8, 4) is 0 Å². The Hall–Kier alpha value is -1.87. The Kier molecular flexibility index (Phi) is 1.94. The van der Waals surface area contributed by atoms with Crippen molar-refractivity contribution >= 4 is 21.8 Å². The fraction of sp³-hybridized carbons (Fsp3) is 0.